The van der Waals surface area contributed by atoms with Gasteiger partial charge in [-0.05, 0) is 37.2 Å². The maximum absolute atomic E-state index is 11.7. The van der Waals surface area contributed by atoms with E-state index >= 15 is 0 Å². The molecule has 0 aliphatic rings. The molecule has 0 spiro atoms. The van der Waals surface area contributed by atoms with E-state index in [-0.39, 0.29) is 5.91 Å². The van der Waals surface area contributed by atoms with E-state index in [2.05, 4.69) is 33.5 Å². The Morgan fingerprint density at radius 2 is 2.18 bits per heavy atom. The summed E-state index contributed by atoms with van der Waals surface area (Å²) in [6.45, 7) is 3.74. The normalized spacial score (nSPS) is 12.2. The second kappa shape index (κ2) is 7.45. The molecule has 1 atom stereocenters. The molecule has 1 amide bonds. The largest absolute Gasteiger partial charge is 0.355 e. The first-order valence-electron chi connectivity index (χ1n) is 5.77. The van der Waals surface area contributed by atoms with E-state index in [4.69, 9.17) is 0 Å². The number of halogens is 1. The van der Waals surface area contributed by atoms with Crippen molar-refractivity contribution in [3.63, 3.8) is 0 Å². The molecule has 0 aliphatic heterocycles. The molecule has 17 heavy (non-hydrogen) atoms. The Morgan fingerprint density at radius 1 is 1.41 bits per heavy atom. The van der Waals surface area contributed by atoms with Gasteiger partial charge in [-0.1, -0.05) is 35.0 Å². The van der Waals surface area contributed by atoms with Gasteiger partial charge in [-0.3, -0.25) is 4.79 Å². The molecule has 4 heteroatoms. The van der Waals surface area contributed by atoms with Crippen molar-refractivity contribution in [3.8, 4) is 0 Å². The molecule has 0 bridgehead atoms. The molecule has 1 rings (SSSR count). The second-order valence-electron chi connectivity index (χ2n) is 4.27. The number of benzene rings is 1. The standard InChI is InChI=1S/C13H19BrN2O/c1-10(8-15-2)9-16-13(17)7-11-4-3-5-12(14)6-11/h3-6,10,15H,7-9H2,1-2H3,(H,16,17). The van der Waals surface area contributed by atoms with Gasteiger partial charge in [0.25, 0.3) is 0 Å². The Hall–Kier alpha value is -0.870. The van der Waals surface area contributed by atoms with Crippen LogP contribution >= 0.6 is 15.9 Å². The Morgan fingerprint density at radius 3 is 2.82 bits per heavy atom. The van der Waals surface area contributed by atoms with Crippen molar-refractivity contribution in [2.75, 3.05) is 20.1 Å². The van der Waals surface area contributed by atoms with Gasteiger partial charge >= 0.3 is 0 Å². The van der Waals surface area contributed by atoms with E-state index in [0.29, 0.717) is 18.9 Å². The predicted molar refractivity (Wildman–Crippen MR) is 73.9 cm³/mol. The molecule has 0 fully saturated rings. The number of hydrogen-bond acceptors (Lipinski definition) is 2. The van der Waals surface area contributed by atoms with Crippen molar-refractivity contribution >= 4 is 21.8 Å². The molecule has 0 saturated heterocycles. The zero-order valence-electron chi connectivity index (χ0n) is 10.3. The summed E-state index contributed by atoms with van der Waals surface area (Å²) in [5, 5.41) is 6.03. The zero-order chi connectivity index (χ0) is 12.7. The molecule has 1 aromatic rings. The van der Waals surface area contributed by atoms with E-state index in [1.165, 1.54) is 0 Å². The van der Waals surface area contributed by atoms with Crippen LogP contribution in [0.15, 0.2) is 28.7 Å². The average Bonchev–Trinajstić information content (AvgIpc) is 2.27. The summed E-state index contributed by atoms with van der Waals surface area (Å²) < 4.78 is 1.01. The zero-order valence-corrected chi connectivity index (χ0v) is 11.9. The van der Waals surface area contributed by atoms with Crippen molar-refractivity contribution in [2.24, 2.45) is 5.92 Å². The third kappa shape index (κ3) is 5.84. The second-order valence-corrected chi connectivity index (χ2v) is 5.19. The third-order valence-corrected chi connectivity index (χ3v) is 2.95. The first-order valence-corrected chi connectivity index (χ1v) is 6.57. The van der Waals surface area contributed by atoms with E-state index < -0.39 is 0 Å². The number of rotatable bonds is 6. The van der Waals surface area contributed by atoms with Gasteiger partial charge in [0.05, 0.1) is 6.42 Å². The molecule has 0 radical (unpaired) electrons. The SMILES string of the molecule is CNCC(C)CNC(=O)Cc1cccc(Br)c1. The topological polar surface area (TPSA) is 41.1 Å². The Balaban J connectivity index is 2.34. The quantitative estimate of drug-likeness (QED) is 0.843. The lowest BCUT2D eigenvalue weighted by molar-refractivity contribution is -0.120. The highest BCUT2D eigenvalue weighted by atomic mass is 79.9. The van der Waals surface area contributed by atoms with Crippen LogP contribution in [-0.2, 0) is 11.2 Å². The summed E-state index contributed by atoms with van der Waals surface area (Å²) >= 11 is 3.39. The summed E-state index contributed by atoms with van der Waals surface area (Å²) in [6.07, 6.45) is 0.436. The van der Waals surface area contributed by atoms with E-state index in [0.717, 1.165) is 16.6 Å². The third-order valence-electron chi connectivity index (χ3n) is 2.45. The average molecular weight is 299 g/mol. The maximum Gasteiger partial charge on any atom is 0.224 e. The maximum atomic E-state index is 11.7. The molecule has 94 valence electrons. The number of nitrogens with one attached hydrogen (secondary N) is 2. The lowest BCUT2D eigenvalue weighted by Gasteiger charge is -2.11. The number of hydrogen-bond donors (Lipinski definition) is 2. The van der Waals surface area contributed by atoms with Crippen molar-refractivity contribution in [3.05, 3.63) is 34.3 Å². The van der Waals surface area contributed by atoms with Crippen LogP contribution in [0.1, 0.15) is 12.5 Å². The Kier molecular flexibility index (Phi) is 6.22. The van der Waals surface area contributed by atoms with Gasteiger partial charge in [0.2, 0.25) is 5.91 Å². The van der Waals surface area contributed by atoms with E-state index in [9.17, 15) is 4.79 Å². The molecule has 2 N–H and O–H groups in total. The van der Waals surface area contributed by atoms with Crippen molar-refractivity contribution < 1.29 is 4.79 Å². The molecule has 0 aromatic heterocycles. The molecule has 0 heterocycles. The van der Waals surface area contributed by atoms with Crippen LogP contribution in [0.25, 0.3) is 0 Å². The molecule has 0 aliphatic carbocycles. The number of amides is 1. The highest BCUT2D eigenvalue weighted by Gasteiger charge is 2.06. The summed E-state index contributed by atoms with van der Waals surface area (Å²) in [7, 11) is 1.92. The highest BCUT2D eigenvalue weighted by Crippen LogP contribution is 2.11. The van der Waals surface area contributed by atoms with Crippen LogP contribution in [0.3, 0.4) is 0 Å². The van der Waals surface area contributed by atoms with Gasteiger partial charge < -0.3 is 10.6 Å². The van der Waals surface area contributed by atoms with Crippen LogP contribution < -0.4 is 10.6 Å². The monoisotopic (exact) mass is 298 g/mol. The Labute approximate surface area is 111 Å². The molecular weight excluding hydrogens is 280 g/mol. The summed E-state index contributed by atoms with van der Waals surface area (Å²) in [5.41, 5.74) is 1.03. The number of carbonyl (C=O) groups excluding carboxylic acids is 1. The van der Waals surface area contributed by atoms with E-state index in [1.807, 2.05) is 31.3 Å². The molecular formula is C13H19BrN2O. The van der Waals surface area contributed by atoms with Gasteiger partial charge in [-0.25, -0.2) is 0 Å². The minimum absolute atomic E-state index is 0.0750. The van der Waals surface area contributed by atoms with Crippen molar-refractivity contribution in [2.45, 2.75) is 13.3 Å². The fourth-order valence-electron chi connectivity index (χ4n) is 1.60. The van der Waals surface area contributed by atoms with Crippen LogP contribution in [0.4, 0.5) is 0 Å². The molecule has 1 aromatic carbocycles. The van der Waals surface area contributed by atoms with Crippen LogP contribution in [0.5, 0.6) is 0 Å². The molecule has 1 unspecified atom stereocenters. The number of carbonyl (C=O) groups is 1. The van der Waals surface area contributed by atoms with Crippen LogP contribution in [0, 0.1) is 5.92 Å². The minimum atomic E-state index is 0.0750. The summed E-state index contributed by atoms with van der Waals surface area (Å²) in [4.78, 5) is 11.7. The van der Waals surface area contributed by atoms with Crippen molar-refractivity contribution in [1.29, 1.82) is 0 Å². The fraction of sp³-hybridized carbons (Fsp3) is 0.462. The first-order chi connectivity index (χ1) is 8.11. The van der Waals surface area contributed by atoms with Gasteiger partial charge in [-0.15, -0.1) is 0 Å². The van der Waals surface area contributed by atoms with Gasteiger partial charge in [-0.2, -0.15) is 0 Å². The lowest BCUT2D eigenvalue weighted by atomic mass is 10.1. The fourth-order valence-corrected chi connectivity index (χ4v) is 2.05. The highest BCUT2D eigenvalue weighted by molar-refractivity contribution is 9.10. The van der Waals surface area contributed by atoms with Gasteiger partial charge in [0.15, 0.2) is 0 Å². The molecule has 0 saturated carbocycles. The summed E-state index contributed by atoms with van der Waals surface area (Å²) in [5.74, 6) is 0.525. The van der Waals surface area contributed by atoms with Gasteiger partial charge in [0.1, 0.15) is 0 Å². The van der Waals surface area contributed by atoms with Crippen LogP contribution in [-0.4, -0.2) is 26.0 Å². The van der Waals surface area contributed by atoms with Crippen LogP contribution in [0.2, 0.25) is 0 Å². The Bertz CT molecular complexity index is 368. The lowest BCUT2D eigenvalue weighted by Crippen LogP contribution is -2.33. The van der Waals surface area contributed by atoms with E-state index in [1.54, 1.807) is 0 Å². The van der Waals surface area contributed by atoms with Gasteiger partial charge in [0, 0.05) is 11.0 Å². The minimum Gasteiger partial charge on any atom is -0.355 e. The molecule has 3 nitrogen and oxygen atoms in total. The summed E-state index contributed by atoms with van der Waals surface area (Å²) in [6, 6.07) is 7.82. The predicted octanol–water partition coefficient (Wildman–Crippen LogP) is 1.96. The first kappa shape index (κ1) is 14.2. The smallest absolute Gasteiger partial charge is 0.224 e. The van der Waals surface area contributed by atoms with Crippen molar-refractivity contribution in [1.82, 2.24) is 10.6 Å².